The van der Waals surface area contributed by atoms with Gasteiger partial charge in [0.25, 0.3) is 0 Å². The Morgan fingerprint density at radius 3 is 2.74 bits per heavy atom. The molecule has 0 aliphatic heterocycles. The first kappa shape index (κ1) is 15.9. The average Bonchev–Trinajstić information content (AvgIpc) is 3.14. The lowest BCUT2D eigenvalue weighted by Gasteiger charge is -2.07. The minimum Gasteiger partial charge on any atom is -0.268 e. The zero-order valence-corrected chi connectivity index (χ0v) is 14.4. The van der Waals surface area contributed by atoms with Crippen molar-refractivity contribution in [1.82, 2.24) is 19.5 Å². The number of nitrogens with zero attached hydrogens (tertiary/aromatic N) is 3. The van der Waals surface area contributed by atoms with Crippen LogP contribution in [0.1, 0.15) is 10.4 Å². The molecular weight excluding hydrogens is 332 g/mol. The van der Waals surface area contributed by atoms with E-state index in [0.29, 0.717) is 4.21 Å². The van der Waals surface area contributed by atoms with Crippen molar-refractivity contribution in [2.75, 3.05) is 0 Å². The molecule has 0 aromatic carbocycles. The molecule has 0 unspecified atom stereocenters. The van der Waals surface area contributed by atoms with Crippen LogP contribution in [0.4, 0.5) is 0 Å². The summed E-state index contributed by atoms with van der Waals surface area (Å²) in [6.45, 7) is 2.07. The lowest BCUT2D eigenvalue weighted by Crippen LogP contribution is -2.22. The van der Waals surface area contributed by atoms with Crippen LogP contribution in [0.5, 0.6) is 0 Å². The van der Waals surface area contributed by atoms with Gasteiger partial charge < -0.3 is 0 Å². The van der Waals surface area contributed by atoms with E-state index < -0.39 is 10.0 Å². The molecule has 3 aromatic rings. The van der Waals surface area contributed by atoms with Crippen LogP contribution in [0, 0.1) is 6.92 Å². The maximum Gasteiger partial charge on any atom is 0.250 e. The fourth-order valence-electron chi connectivity index (χ4n) is 2.19. The van der Waals surface area contributed by atoms with Crippen molar-refractivity contribution in [1.29, 1.82) is 0 Å². The molecule has 120 valence electrons. The monoisotopic (exact) mass is 348 g/mol. The van der Waals surface area contributed by atoms with Gasteiger partial charge in [0.1, 0.15) is 4.21 Å². The van der Waals surface area contributed by atoms with Crippen molar-refractivity contribution in [3.05, 3.63) is 53.3 Å². The lowest BCUT2D eigenvalue weighted by atomic mass is 10.1. The molecule has 23 heavy (non-hydrogen) atoms. The van der Waals surface area contributed by atoms with Crippen LogP contribution >= 0.6 is 11.3 Å². The van der Waals surface area contributed by atoms with E-state index in [1.165, 1.54) is 11.3 Å². The van der Waals surface area contributed by atoms with Crippen molar-refractivity contribution >= 4 is 21.4 Å². The van der Waals surface area contributed by atoms with Crippen LogP contribution in [-0.4, -0.2) is 23.2 Å². The summed E-state index contributed by atoms with van der Waals surface area (Å²) in [4.78, 5) is 5.15. The minimum absolute atomic E-state index is 0.192. The molecular formula is C15H16N4O2S2. The first-order valence-electron chi connectivity index (χ1n) is 6.94. The zero-order chi connectivity index (χ0) is 16.4. The SMILES string of the molecule is Cc1ccc(S(=O)(=O)NCc2cncc(-c3ccnn3C)c2)s1. The largest absolute Gasteiger partial charge is 0.268 e. The molecule has 0 radical (unpaired) electrons. The van der Waals surface area contributed by atoms with Crippen LogP contribution < -0.4 is 4.72 Å². The van der Waals surface area contributed by atoms with E-state index >= 15 is 0 Å². The highest BCUT2D eigenvalue weighted by Gasteiger charge is 2.16. The van der Waals surface area contributed by atoms with Gasteiger partial charge in [-0.05, 0) is 36.8 Å². The lowest BCUT2D eigenvalue weighted by molar-refractivity contribution is 0.583. The van der Waals surface area contributed by atoms with E-state index in [1.54, 1.807) is 35.4 Å². The third-order valence-electron chi connectivity index (χ3n) is 3.36. The number of hydrogen-bond donors (Lipinski definition) is 1. The van der Waals surface area contributed by atoms with Crippen molar-refractivity contribution < 1.29 is 8.42 Å². The van der Waals surface area contributed by atoms with Crippen LogP contribution in [-0.2, 0) is 23.6 Å². The molecule has 0 saturated heterocycles. The molecule has 3 rings (SSSR count). The van der Waals surface area contributed by atoms with E-state index in [0.717, 1.165) is 21.7 Å². The van der Waals surface area contributed by atoms with Gasteiger partial charge in [0.2, 0.25) is 10.0 Å². The summed E-state index contributed by atoms with van der Waals surface area (Å²) < 4.78 is 29.2. The fraction of sp³-hybridized carbons (Fsp3) is 0.200. The summed E-state index contributed by atoms with van der Waals surface area (Å²) in [5, 5.41) is 4.13. The normalized spacial score (nSPS) is 11.7. The molecule has 0 amide bonds. The number of pyridine rings is 1. The molecule has 0 aliphatic carbocycles. The highest BCUT2D eigenvalue weighted by molar-refractivity contribution is 7.91. The molecule has 0 atom stereocenters. The van der Waals surface area contributed by atoms with Gasteiger partial charge in [0.05, 0.1) is 5.69 Å². The van der Waals surface area contributed by atoms with Gasteiger partial charge in [-0.15, -0.1) is 11.3 Å². The zero-order valence-electron chi connectivity index (χ0n) is 12.7. The minimum atomic E-state index is -3.49. The van der Waals surface area contributed by atoms with Crippen molar-refractivity contribution in [2.24, 2.45) is 7.05 Å². The van der Waals surface area contributed by atoms with Gasteiger partial charge in [-0.1, -0.05) is 0 Å². The third-order valence-corrected chi connectivity index (χ3v) is 6.25. The van der Waals surface area contributed by atoms with Crippen LogP contribution in [0.25, 0.3) is 11.3 Å². The fourth-order valence-corrected chi connectivity index (χ4v) is 4.53. The number of rotatable bonds is 5. The van der Waals surface area contributed by atoms with Gasteiger partial charge in [-0.3, -0.25) is 9.67 Å². The topological polar surface area (TPSA) is 76.9 Å². The Balaban J connectivity index is 1.78. The summed E-state index contributed by atoms with van der Waals surface area (Å²) in [7, 11) is -1.64. The van der Waals surface area contributed by atoms with Gasteiger partial charge in [0.15, 0.2) is 0 Å². The number of nitrogens with one attached hydrogen (secondary N) is 1. The second-order valence-electron chi connectivity index (χ2n) is 5.11. The molecule has 0 fully saturated rings. The molecule has 0 spiro atoms. The highest BCUT2D eigenvalue weighted by atomic mass is 32.2. The van der Waals surface area contributed by atoms with Crippen molar-refractivity contribution in [3.8, 4) is 11.3 Å². The smallest absolute Gasteiger partial charge is 0.250 e. The van der Waals surface area contributed by atoms with Crippen LogP contribution in [0.3, 0.4) is 0 Å². The van der Waals surface area contributed by atoms with E-state index in [4.69, 9.17) is 0 Å². The average molecular weight is 348 g/mol. The summed E-state index contributed by atoms with van der Waals surface area (Å²) in [6, 6.07) is 7.21. The van der Waals surface area contributed by atoms with E-state index in [-0.39, 0.29) is 6.54 Å². The van der Waals surface area contributed by atoms with Crippen LogP contribution in [0.2, 0.25) is 0 Å². The number of aromatic nitrogens is 3. The maximum atomic E-state index is 12.3. The second-order valence-corrected chi connectivity index (χ2v) is 8.39. The first-order chi connectivity index (χ1) is 11.0. The summed E-state index contributed by atoms with van der Waals surface area (Å²) >= 11 is 1.26. The molecule has 0 aliphatic rings. The number of sulfonamides is 1. The number of hydrogen-bond acceptors (Lipinski definition) is 5. The standard InChI is InChI=1S/C15H16N4O2S2/c1-11-3-4-15(22-11)23(20,21)18-9-12-7-13(10-16-8-12)14-5-6-17-19(14)2/h3-8,10,18H,9H2,1-2H3. The Labute approximate surface area is 138 Å². The van der Waals surface area contributed by atoms with Gasteiger partial charge in [-0.25, -0.2) is 13.1 Å². The number of thiophene rings is 1. The molecule has 3 aromatic heterocycles. The third kappa shape index (κ3) is 3.49. The predicted molar refractivity (Wildman–Crippen MR) is 89.5 cm³/mol. The Kier molecular flexibility index (Phi) is 4.29. The second kappa shape index (κ2) is 6.23. The molecule has 0 saturated carbocycles. The van der Waals surface area contributed by atoms with E-state index in [9.17, 15) is 8.42 Å². The number of aryl methyl sites for hydroxylation is 2. The van der Waals surface area contributed by atoms with Gasteiger partial charge in [0, 0.05) is 42.6 Å². The summed E-state index contributed by atoms with van der Waals surface area (Å²) in [6.07, 6.45) is 5.10. The van der Waals surface area contributed by atoms with Gasteiger partial charge >= 0.3 is 0 Å². The Hall–Kier alpha value is -2.03. The van der Waals surface area contributed by atoms with Crippen LogP contribution in [0.15, 0.2) is 47.1 Å². The first-order valence-corrected chi connectivity index (χ1v) is 9.24. The summed E-state index contributed by atoms with van der Waals surface area (Å²) in [5.74, 6) is 0. The maximum absolute atomic E-state index is 12.3. The Morgan fingerprint density at radius 2 is 2.09 bits per heavy atom. The van der Waals surface area contributed by atoms with Gasteiger partial charge in [-0.2, -0.15) is 5.10 Å². The van der Waals surface area contributed by atoms with Crippen molar-refractivity contribution in [2.45, 2.75) is 17.7 Å². The molecule has 8 heteroatoms. The molecule has 6 nitrogen and oxygen atoms in total. The predicted octanol–water partition coefficient (Wildman–Crippen LogP) is 2.33. The molecule has 1 N–H and O–H groups in total. The van der Waals surface area contributed by atoms with E-state index in [2.05, 4.69) is 14.8 Å². The quantitative estimate of drug-likeness (QED) is 0.768. The molecule has 0 bridgehead atoms. The van der Waals surface area contributed by atoms with Crippen molar-refractivity contribution in [3.63, 3.8) is 0 Å². The Bertz CT molecular complexity index is 928. The highest BCUT2D eigenvalue weighted by Crippen LogP contribution is 2.21. The summed E-state index contributed by atoms with van der Waals surface area (Å²) in [5.41, 5.74) is 2.62. The van der Waals surface area contributed by atoms with E-state index in [1.807, 2.05) is 26.1 Å². The molecule has 3 heterocycles. The Morgan fingerprint density at radius 1 is 1.26 bits per heavy atom.